The van der Waals surface area contributed by atoms with E-state index < -0.39 is 0 Å². The Kier molecular flexibility index (Phi) is 2.18. The molecule has 0 saturated carbocycles. The van der Waals surface area contributed by atoms with Crippen molar-refractivity contribution < 1.29 is 0 Å². The van der Waals surface area contributed by atoms with Gasteiger partial charge in [-0.15, -0.1) is 0 Å². The molecule has 0 radical (unpaired) electrons. The summed E-state index contributed by atoms with van der Waals surface area (Å²) in [6, 6.07) is 14.4. The predicted molar refractivity (Wildman–Crippen MR) is 66.7 cm³/mol. The molecule has 0 atom stereocenters. The lowest BCUT2D eigenvalue weighted by Crippen LogP contribution is -2.20. The van der Waals surface area contributed by atoms with Crippen LogP contribution in [0.15, 0.2) is 54.7 Å². The zero-order valence-corrected chi connectivity index (χ0v) is 8.88. The van der Waals surface area contributed by atoms with E-state index in [1.54, 1.807) is 0 Å². The Morgan fingerprint density at radius 1 is 1.00 bits per heavy atom. The normalized spacial score (nSPS) is 13.6. The second kappa shape index (κ2) is 3.81. The number of benzene rings is 1. The number of aromatic nitrogens is 1. The van der Waals surface area contributed by atoms with Crippen LogP contribution in [0.1, 0.15) is 5.56 Å². The molecule has 0 unspecified atom stereocenters. The summed E-state index contributed by atoms with van der Waals surface area (Å²) in [6.07, 6.45) is 6.15. The average molecular weight is 208 g/mol. The summed E-state index contributed by atoms with van der Waals surface area (Å²) in [5, 5.41) is 0. The SMILES string of the molecule is C1=Cc2ccccc2N(c2ccccn2)C1. The number of pyridine rings is 1. The number of fused-ring (bicyclic) bond motifs is 1. The number of nitrogens with zero attached hydrogens (tertiary/aromatic N) is 2. The molecular weight excluding hydrogens is 196 g/mol. The average Bonchev–Trinajstić information content (AvgIpc) is 2.39. The lowest BCUT2D eigenvalue weighted by atomic mass is 10.1. The number of rotatable bonds is 1. The van der Waals surface area contributed by atoms with Gasteiger partial charge in [-0.2, -0.15) is 0 Å². The Labute approximate surface area is 94.9 Å². The highest BCUT2D eigenvalue weighted by Crippen LogP contribution is 2.30. The largest absolute Gasteiger partial charge is 0.322 e. The van der Waals surface area contributed by atoms with Gasteiger partial charge in [-0.05, 0) is 23.8 Å². The first-order valence-electron chi connectivity index (χ1n) is 5.39. The second-order valence-electron chi connectivity index (χ2n) is 3.76. The summed E-state index contributed by atoms with van der Waals surface area (Å²) in [4.78, 5) is 6.61. The van der Waals surface area contributed by atoms with Crippen molar-refractivity contribution in [3.63, 3.8) is 0 Å². The Hall–Kier alpha value is -2.09. The standard InChI is InChI=1S/C14H12N2/c1-2-8-13-12(6-1)7-5-11-16(13)14-9-3-4-10-15-14/h1-10H,11H2. The van der Waals surface area contributed by atoms with E-state index in [4.69, 9.17) is 0 Å². The predicted octanol–water partition coefficient (Wildman–Crippen LogP) is 3.25. The molecule has 0 amide bonds. The Morgan fingerprint density at radius 3 is 2.75 bits per heavy atom. The molecule has 78 valence electrons. The van der Waals surface area contributed by atoms with Crippen LogP contribution in [-0.2, 0) is 0 Å². The van der Waals surface area contributed by atoms with Crippen molar-refractivity contribution in [1.82, 2.24) is 4.98 Å². The lowest BCUT2D eigenvalue weighted by Gasteiger charge is -2.26. The maximum atomic E-state index is 4.39. The van der Waals surface area contributed by atoms with Crippen LogP contribution in [0, 0.1) is 0 Å². The Bertz CT molecular complexity index is 517. The first-order chi connectivity index (χ1) is 7.95. The van der Waals surface area contributed by atoms with Crippen LogP contribution in [0.5, 0.6) is 0 Å². The zero-order chi connectivity index (χ0) is 10.8. The summed E-state index contributed by atoms with van der Waals surface area (Å²) in [7, 11) is 0. The molecule has 2 nitrogen and oxygen atoms in total. The topological polar surface area (TPSA) is 16.1 Å². The van der Waals surface area contributed by atoms with Crippen molar-refractivity contribution in [3.8, 4) is 0 Å². The summed E-state index contributed by atoms with van der Waals surface area (Å²) in [6.45, 7) is 0.883. The van der Waals surface area contributed by atoms with Crippen LogP contribution in [0.3, 0.4) is 0 Å². The van der Waals surface area contributed by atoms with Gasteiger partial charge in [0, 0.05) is 18.4 Å². The zero-order valence-electron chi connectivity index (χ0n) is 8.88. The summed E-state index contributed by atoms with van der Waals surface area (Å²) < 4.78 is 0. The van der Waals surface area contributed by atoms with Crippen LogP contribution >= 0.6 is 0 Å². The van der Waals surface area contributed by atoms with Crippen molar-refractivity contribution in [3.05, 3.63) is 60.3 Å². The molecule has 3 rings (SSSR count). The molecule has 1 aromatic heterocycles. The first kappa shape index (κ1) is 9.16. The van der Waals surface area contributed by atoms with Gasteiger partial charge in [0.15, 0.2) is 0 Å². The van der Waals surface area contributed by atoms with Gasteiger partial charge < -0.3 is 4.90 Å². The van der Waals surface area contributed by atoms with Crippen molar-refractivity contribution >= 4 is 17.6 Å². The smallest absolute Gasteiger partial charge is 0.133 e. The van der Waals surface area contributed by atoms with E-state index >= 15 is 0 Å². The molecule has 0 saturated heterocycles. The van der Waals surface area contributed by atoms with Gasteiger partial charge in [-0.25, -0.2) is 4.98 Å². The monoisotopic (exact) mass is 208 g/mol. The quantitative estimate of drug-likeness (QED) is 0.715. The summed E-state index contributed by atoms with van der Waals surface area (Å²) >= 11 is 0. The van der Waals surface area contributed by atoms with E-state index in [1.807, 2.05) is 24.4 Å². The third-order valence-electron chi connectivity index (χ3n) is 2.74. The van der Waals surface area contributed by atoms with Crippen molar-refractivity contribution in [2.45, 2.75) is 0 Å². The molecule has 1 aliphatic heterocycles. The minimum absolute atomic E-state index is 0.883. The first-order valence-corrected chi connectivity index (χ1v) is 5.39. The van der Waals surface area contributed by atoms with E-state index in [2.05, 4.69) is 46.3 Å². The van der Waals surface area contributed by atoms with Gasteiger partial charge in [-0.1, -0.05) is 36.4 Å². The fourth-order valence-corrected chi connectivity index (χ4v) is 1.99. The third kappa shape index (κ3) is 1.48. The van der Waals surface area contributed by atoms with E-state index in [0.29, 0.717) is 0 Å². The third-order valence-corrected chi connectivity index (χ3v) is 2.74. The van der Waals surface area contributed by atoms with Crippen molar-refractivity contribution in [2.75, 3.05) is 11.4 Å². The number of hydrogen-bond acceptors (Lipinski definition) is 2. The highest BCUT2D eigenvalue weighted by molar-refractivity contribution is 5.76. The van der Waals surface area contributed by atoms with Gasteiger partial charge >= 0.3 is 0 Å². The summed E-state index contributed by atoms with van der Waals surface area (Å²) in [5.74, 6) is 0.999. The fraction of sp³-hybridized carbons (Fsp3) is 0.0714. The molecular formula is C14H12N2. The maximum Gasteiger partial charge on any atom is 0.133 e. The van der Waals surface area contributed by atoms with Crippen LogP contribution in [-0.4, -0.2) is 11.5 Å². The molecule has 1 aliphatic rings. The molecule has 2 aromatic rings. The number of anilines is 2. The second-order valence-corrected chi connectivity index (χ2v) is 3.76. The molecule has 0 spiro atoms. The van der Waals surface area contributed by atoms with E-state index in [0.717, 1.165) is 12.4 Å². The molecule has 1 aromatic carbocycles. The molecule has 0 bridgehead atoms. The molecule has 0 N–H and O–H groups in total. The molecule has 0 fully saturated rings. The van der Waals surface area contributed by atoms with Crippen LogP contribution < -0.4 is 4.90 Å². The van der Waals surface area contributed by atoms with E-state index in [9.17, 15) is 0 Å². The minimum atomic E-state index is 0.883. The van der Waals surface area contributed by atoms with Gasteiger partial charge in [0.1, 0.15) is 5.82 Å². The molecule has 0 aliphatic carbocycles. The summed E-state index contributed by atoms with van der Waals surface area (Å²) in [5.41, 5.74) is 2.48. The molecule has 2 heteroatoms. The number of para-hydroxylation sites is 1. The van der Waals surface area contributed by atoms with Gasteiger partial charge in [0.25, 0.3) is 0 Å². The number of hydrogen-bond donors (Lipinski definition) is 0. The maximum absolute atomic E-state index is 4.39. The van der Waals surface area contributed by atoms with Gasteiger partial charge in [-0.3, -0.25) is 0 Å². The van der Waals surface area contributed by atoms with E-state index in [1.165, 1.54) is 11.3 Å². The van der Waals surface area contributed by atoms with Crippen LogP contribution in [0.2, 0.25) is 0 Å². The van der Waals surface area contributed by atoms with Gasteiger partial charge in [0.05, 0.1) is 0 Å². The Balaban J connectivity index is 2.09. The van der Waals surface area contributed by atoms with E-state index in [-0.39, 0.29) is 0 Å². The highest BCUT2D eigenvalue weighted by Gasteiger charge is 2.14. The fourth-order valence-electron chi connectivity index (χ4n) is 1.99. The van der Waals surface area contributed by atoms with Crippen LogP contribution in [0.25, 0.3) is 6.08 Å². The lowest BCUT2D eigenvalue weighted by molar-refractivity contribution is 1.04. The Morgan fingerprint density at radius 2 is 1.88 bits per heavy atom. The van der Waals surface area contributed by atoms with Crippen molar-refractivity contribution in [1.29, 1.82) is 0 Å². The molecule has 16 heavy (non-hydrogen) atoms. The minimum Gasteiger partial charge on any atom is -0.322 e. The molecule has 2 heterocycles. The van der Waals surface area contributed by atoms with Gasteiger partial charge in [0.2, 0.25) is 0 Å². The van der Waals surface area contributed by atoms with Crippen molar-refractivity contribution in [2.24, 2.45) is 0 Å². The van der Waals surface area contributed by atoms with Crippen LogP contribution in [0.4, 0.5) is 11.5 Å². The highest BCUT2D eigenvalue weighted by atomic mass is 15.2.